The molecule has 1 fully saturated rings. The van der Waals surface area contributed by atoms with Crippen LogP contribution in [0.3, 0.4) is 0 Å². The van der Waals surface area contributed by atoms with Gasteiger partial charge in [0.1, 0.15) is 0 Å². The van der Waals surface area contributed by atoms with Gasteiger partial charge < -0.3 is 5.32 Å². The SMILES string of the molecule is c1cnn(-c2ccc(NC3CCSCC3)cn2)c1. The number of thioether (sulfide) groups is 1. The molecule has 1 saturated heterocycles. The smallest absolute Gasteiger partial charge is 0.153 e. The lowest BCUT2D eigenvalue weighted by Gasteiger charge is -2.23. The third-order valence-electron chi connectivity index (χ3n) is 3.08. The molecule has 1 aliphatic rings. The summed E-state index contributed by atoms with van der Waals surface area (Å²) >= 11 is 2.04. The highest BCUT2D eigenvalue weighted by Gasteiger charge is 2.13. The lowest BCUT2D eigenvalue weighted by atomic mass is 10.1. The van der Waals surface area contributed by atoms with Gasteiger partial charge in [0.15, 0.2) is 5.82 Å². The Morgan fingerprint density at radius 1 is 1.28 bits per heavy atom. The van der Waals surface area contributed by atoms with Gasteiger partial charge in [0.2, 0.25) is 0 Å². The number of pyridine rings is 1. The van der Waals surface area contributed by atoms with Crippen molar-refractivity contribution in [3.05, 3.63) is 36.8 Å². The molecule has 4 nitrogen and oxygen atoms in total. The van der Waals surface area contributed by atoms with Crippen molar-refractivity contribution < 1.29 is 0 Å². The first-order chi connectivity index (χ1) is 8.92. The number of hydrogen-bond donors (Lipinski definition) is 1. The Hall–Kier alpha value is -1.49. The van der Waals surface area contributed by atoms with Crippen LogP contribution in [0.5, 0.6) is 0 Å². The van der Waals surface area contributed by atoms with E-state index in [1.54, 1.807) is 10.9 Å². The molecule has 1 N–H and O–H groups in total. The van der Waals surface area contributed by atoms with Gasteiger partial charge >= 0.3 is 0 Å². The Labute approximate surface area is 111 Å². The fourth-order valence-corrected chi connectivity index (χ4v) is 3.20. The van der Waals surface area contributed by atoms with Crippen LogP contribution in [0.15, 0.2) is 36.8 Å². The third kappa shape index (κ3) is 2.67. The molecule has 0 aromatic carbocycles. The van der Waals surface area contributed by atoms with E-state index in [0.717, 1.165) is 11.5 Å². The Bertz CT molecular complexity index is 474. The number of aromatic nitrogens is 3. The van der Waals surface area contributed by atoms with Crippen LogP contribution in [0.25, 0.3) is 5.82 Å². The third-order valence-corrected chi connectivity index (χ3v) is 4.13. The summed E-state index contributed by atoms with van der Waals surface area (Å²) < 4.78 is 1.76. The molecule has 5 heteroatoms. The van der Waals surface area contributed by atoms with Crippen LogP contribution in [0.2, 0.25) is 0 Å². The van der Waals surface area contributed by atoms with E-state index in [2.05, 4.69) is 21.5 Å². The summed E-state index contributed by atoms with van der Waals surface area (Å²) in [5.74, 6) is 3.37. The summed E-state index contributed by atoms with van der Waals surface area (Å²) in [6.45, 7) is 0. The number of nitrogens with zero attached hydrogens (tertiary/aromatic N) is 3. The van der Waals surface area contributed by atoms with Crippen LogP contribution < -0.4 is 5.32 Å². The monoisotopic (exact) mass is 260 g/mol. The summed E-state index contributed by atoms with van der Waals surface area (Å²) in [5.41, 5.74) is 1.10. The predicted octanol–water partition coefficient (Wildman–Crippen LogP) is 2.57. The second-order valence-corrected chi connectivity index (χ2v) is 5.61. The van der Waals surface area contributed by atoms with Crippen molar-refractivity contribution >= 4 is 17.4 Å². The Morgan fingerprint density at radius 2 is 2.17 bits per heavy atom. The van der Waals surface area contributed by atoms with Gasteiger partial charge in [-0.3, -0.25) is 0 Å². The molecule has 0 unspecified atom stereocenters. The van der Waals surface area contributed by atoms with E-state index in [-0.39, 0.29) is 0 Å². The largest absolute Gasteiger partial charge is 0.381 e. The molecule has 0 spiro atoms. The number of hydrogen-bond acceptors (Lipinski definition) is 4. The molecular formula is C13H16N4S. The molecule has 0 atom stereocenters. The fraction of sp³-hybridized carbons (Fsp3) is 0.385. The van der Waals surface area contributed by atoms with E-state index < -0.39 is 0 Å². The van der Waals surface area contributed by atoms with E-state index in [4.69, 9.17) is 0 Å². The molecule has 3 rings (SSSR count). The molecule has 0 amide bonds. The molecular weight excluding hydrogens is 244 g/mol. The first-order valence-electron chi connectivity index (χ1n) is 6.22. The standard InChI is InChI=1S/C13H16N4S/c1-6-15-17(7-1)13-3-2-12(10-14-13)16-11-4-8-18-9-5-11/h1-3,6-7,10-11,16H,4-5,8-9H2. The summed E-state index contributed by atoms with van der Waals surface area (Å²) in [7, 11) is 0. The highest BCUT2D eigenvalue weighted by atomic mass is 32.2. The number of anilines is 1. The highest BCUT2D eigenvalue weighted by Crippen LogP contribution is 2.20. The molecule has 1 aliphatic heterocycles. The highest BCUT2D eigenvalue weighted by molar-refractivity contribution is 7.99. The minimum Gasteiger partial charge on any atom is -0.381 e. The van der Waals surface area contributed by atoms with Gasteiger partial charge in [-0.25, -0.2) is 9.67 Å². The van der Waals surface area contributed by atoms with Crippen LogP contribution in [0, 0.1) is 0 Å². The second kappa shape index (κ2) is 5.44. The molecule has 3 heterocycles. The van der Waals surface area contributed by atoms with Gasteiger partial charge in [0, 0.05) is 18.4 Å². The van der Waals surface area contributed by atoms with Gasteiger partial charge in [0.25, 0.3) is 0 Å². The minimum absolute atomic E-state index is 0.601. The maximum absolute atomic E-state index is 4.42. The van der Waals surface area contributed by atoms with Gasteiger partial charge in [-0.2, -0.15) is 16.9 Å². The van der Waals surface area contributed by atoms with Crippen LogP contribution in [-0.2, 0) is 0 Å². The molecule has 2 aromatic heterocycles. The van der Waals surface area contributed by atoms with Crippen LogP contribution in [0.1, 0.15) is 12.8 Å². The quantitative estimate of drug-likeness (QED) is 0.921. The average Bonchev–Trinajstić information content (AvgIpc) is 2.95. The molecule has 2 aromatic rings. The normalized spacial score (nSPS) is 16.7. The number of nitrogens with one attached hydrogen (secondary N) is 1. The van der Waals surface area contributed by atoms with Crippen LogP contribution in [-0.4, -0.2) is 32.3 Å². The Morgan fingerprint density at radius 3 is 2.83 bits per heavy atom. The van der Waals surface area contributed by atoms with E-state index in [0.29, 0.717) is 6.04 Å². The zero-order chi connectivity index (χ0) is 12.2. The topological polar surface area (TPSA) is 42.7 Å². The van der Waals surface area contributed by atoms with E-state index in [9.17, 15) is 0 Å². The maximum atomic E-state index is 4.42. The molecule has 0 aliphatic carbocycles. The lowest BCUT2D eigenvalue weighted by Crippen LogP contribution is -2.24. The van der Waals surface area contributed by atoms with Crippen molar-refractivity contribution in [2.75, 3.05) is 16.8 Å². The zero-order valence-corrected chi connectivity index (χ0v) is 10.9. The van der Waals surface area contributed by atoms with E-state index in [1.807, 2.05) is 36.3 Å². The minimum atomic E-state index is 0.601. The summed E-state index contributed by atoms with van der Waals surface area (Å²) in [6.07, 6.45) is 8.03. The predicted molar refractivity (Wildman–Crippen MR) is 75.3 cm³/mol. The van der Waals surface area contributed by atoms with E-state index in [1.165, 1.54) is 24.3 Å². The van der Waals surface area contributed by atoms with Crippen molar-refractivity contribution in [3.63, 3.8) is 0 Å². The number of rotatable bonds is 3. The van der Waals surface area contributed by atoms with Gasteiger partial charge in [-0.15, -0.1) is 0 Å². The van der Waals surface area contributed by atoms with E-state index >= 15 is 0 Å². The molecule has 0 bridgehead atoms. The zero-order valence-electron chi connectivity index (χ0n) is 10.1. The lowest BCUT2D eigenvalue weighted by molar-refractivity contribution is 0.666. The molecule has 0 radical (unpaired) electrons. The maximum Gasteiger partial charge on any atom is 0.153 e. The van der Waals surface area contributed by atoms with Crippen molar-refractivity contribution in [1.82, 2.24) is 14.8 Å². The first kappa shape index (κ1) is 11.6. The fourth-order valence-electron chi connectivity index (χ4n) is 2.09. The summed E-state index contributed by atoms with van der Waals surface area (Å²) in [4.78, 5) is 4.42. The first-order valence-corrected chi connectivity index (χ1v) is 7.38. The van der Waals surface area contributed by atoms with Crippen molar-refractivity contribution in [3.8, 4) is 5.82 Å². The van der Waals surface area contributed by atoms with Gasteiger partial charge in [-0.1, -0.05) is 0 Å². The van der Waals surface area contributed by atoms with Crippen LogP contribution in [0.4, 0.5) is 5.69 Å². The summed E-state index contributed by atoms with van der Waals surface area (Å²) in [6, 6.07) is 6.57. The van der Waals surface area contributed by atoms with Crippen molar-refractivity contribution in [2.24, 2.45) is 0 Å². The Balaban J connectivity index is 1.67. The second-order valence-electron chi connectivity index (χ2n) is 4.39. The molecule has 18 heavy (non-hydrogen) atoms. The van der Waals surface area contributed by atoms with Crippen molar-refractivity contribution in [1.29, 1.82) is 0 Å². The molecule has 0 saturated carbocycles. The average molecular weight is 260 g/mol. The van der Waals surface area contributed by atoms with Gasteiger partial charge in [-0.05, 0) is 42.5 Å². The van der Waals surface area contributed by atoms with Crippen molar-refractivity contribution in [2.45, 2.75) is 18.9 Å². The summed E-state index contributed by atoms with van der Waals surface area (Å²) in [5, 5.41) is 7.71. The van der Waals surface area contributed by atoms with Gasteiger partial charge in [0.05, 0.1) is 11.9 Å². The molecule has 94 valence electrons. The Kier molecular flexibility index (Phi) is 3.50. The van der Waals surface area contributed by atoms with Crippen LogP contribution >= 0.6 is 11.8 Å².